The van der Waals surface area contributed by atoms with Gasteiger partial charge in [-0.05, 0) is 13.1 Å². The predicted octanol–water partition coefficient (Wildman–Crippen LogP) is 0.394. The van der Waals surface area contributed by atoms with Gasteiger partial charge in [0.25, 0.3) is 0 Å². The first kappa shape index (κ1) is 13.8. The maximum Gasteiger partial charge on any atom is 0.419 e. The molecule has 0 saturated carbocycles. The molecule has 5 nitrogen and oxygen atoms in total. The van der Waals surface area contributed by atoms with Crippen LogP contribution >= 0.6 is 0 Å². The van der Waals surface area contributed by atoms with E-state index in [4.69, 9.17) is 5.11 Å². The monoisotopic (exact) mass is 177 g/mol. The third kappa shape index (κ3) is 22.9. The molecule has 12 heavy (non-hydrogen) atoms. The van der Waals surface area contributed by atoms with Gasteiger partial charge < -0.3 is 10.4 Å². The number of carboxylic acid groups (broad SMARTS) is 1. The van der Waals surface area contributed by atoms with Gasteiger partial charge in [0.2, 0.25) is 0 Å². The van der Waals surface area contributed by atoms with Gasteiger partial charge in [-0.3, -0.25) is 5.43 Å². The van der Waals surface area contributed by atoms with Crippen LogP contribution in [0.25, 0.3) is 0 Å². The van der Waals surface area contributed by atoms with Crippen molar-refractivity contribution in [2.45, 2.75) is 20.8 Å². The van der Waals surface area contributed by atoms with Crippen molar-refractivity contribution in [3.05, 3.63) is 0 Å². The molecular weight excluding hydrogens is 158 g/mol. The van der Waals surface area contributed by atoms with Crippen LogP contribution < -0.4 is 16.2 Å². The third-order valence-electron chi connectivity index (χ3n) is 0.872. The summed E-state index contributed by atoms with van der Waals surface area (Å²) >= 11 is 0. The first-order valence-corrected chi connectivity index (χ1v) is 4.11. The molecule has 0 heterocycles. The minimum Gasteiger partial charge on any atom is -0.464 e. The lowest BCUT2D eigenvalue weighted by molar-refractivity contribution is 0.189. The highest BCUT2D eigenvalue weighted by atomic mass is 16.4. The molecule has 0 aliphatic carbocycles. The Hall–Kier alpha value is -0.810. The summed E-state index contributed by atoms with van der Waals surface area (Å²) in [4.78, 5) is 9.58. The molecule has 74 valence electrons. The van der Waals surface area contributed by atoms with E-state index in [-0.39, 0.29) is 0 Å². The Morgan fingerprint density at radius 2 is 1.67 bits per heavy atom. The second kappa shape index (κ2) is 12.8. The number of amides is 1. The third-order valence-corrected chi connectivity index (χ3v) is 0.872. The highest BCUT2D eigenvalue weighted by molar-refractivity contribution is 5.63. The molecule has 0 radical (unpaired) electrons. The van der Waals surface area contributed by atoms with Crippen molar-refractivity contribution in [1.82, 2.24) is 16.2 Å². The van der Waals surface area contributed by atoms with Crippen molar-refractivity contribution in [1.29, 1.82) is 0 Å². The second-order valence-corrected chi connectivity index (χ2v) is 1.92. The van der Waals surface area contributed by atoms with E-state index in [1.807, 2.05) is 5.43 Å². The van der Waals surface area contributed by atoms with Crippen LogP contribution in [0.4, 0.5) is 4.79 Å². The molecule has 4 N–H and O–H groups in total. The molecule has 0 spiro atoms. The zero-order chi connectivity index (χ0) is 9.82. The summed E-state index contributed by atoms with van der Waals surface area (Å²) in [5.41, 5.74) is 4.36. The number of carbonyl (C=O) groups is 1. The van der Waals surface area contributed by atoms with Crippen molar-refractivity contribution in [3.8, 4) is 0 Å². The summed E-state index contributed by atoms with van der Waals surface area (Å²) in [7, 11) is 0. The Morgan fingerprint density at radius 1 is 1.17 bits per heavy atom. The van der Waals surface area contributed by atoms with Crippen molar-refractivity contribution in [2.75, 3.05) is 19.6 Å². The average Bonchev–Trinajstić information content (AvgIpc) is 2.03. The number of nitrogens with one attached hydrogen (secondary N) is 3. The summed E-state index contributed by atoms with van der Waals surface area (Å²) in [6, 6.07) is 0. The SMILES string of the molecule is CCNCC.CCNNC(=O)O. The summed E-state index contributed by atoms with van der Waals surface area (Å²) in [6.45, 7) is 8.79. The summed E-state index contributed by atoms with van der Waals surface area (Å²) in [6.07, 6.45) is -1.05. The lowest BCUT2D eigenvalue weighted by atomic mass is 10.7. The highest BCUT2D eigenvalue weighted by Gasteiger charge is 1.85. The molecule has 0 aromatic heterocycles. The quantitative estimate of drug-likeness (QED) is 0.469. The molecule has 5 heteroatoms. The van der Waals surface area contributed by atoms with Crippen molar-refractivity contribution in [3.63, 3.8) is 0 Å². The van der Waals surface area contributed by atoms with Crippen LogP contribution in [0.15, 0.2) is 0 Å². The fourth-order valence-electron chi connectivity index (χ4n) is 0.414. The Kier molecular flexibility index (Phi) is 14.7. The highest BCUT2D eigenvalue weighted by Crippen LogP contribution is 1.51. The topological polar surface area (TPSA) is 73.4 Å². The van der Waals surface area contributed by atoms with E-state index >= 15 is 0 Å². The Bertz CT molecular complexity index is 96.7. The Morgan fingerprint density at radius 3 is 1.75 bits per heavy atom. The van der Waals surface area contributed by atoms with Gasteiger partial charge in [0.1, 0.15) is 0 Å². The van der Waals surface area contributed by atoms with Gasteiger partial charge in [-0.1, -0.05) is 20.8 Å². The molecule has 0 fully saturated rings. The van der Waals surface area contributed by atoms with Crippen LogP contribution in [0.5, 0.6) is 0 Å². The van der Waals surface area contributed by atoms with Crippen molar-refractivity contribution in [2.24, 2.45) is 0 Å². The van der Waals surface area contributed by atoms with Crippen LogP contribution in [0.3, 0.4) is 0 Å². The Balaban J connectivity index is 0. The van der Waals surface area contributed by atoms with Gasteiger partial charge in [0.15, 0.2) is 0 Å². The van der Waals surface area contributed by atoms with Crippen molar-refractivity contribution < 1.29 is 9.90 Å². The van der Waals surface area contributed by atoms with Gasteiger partial charge in [-0.2, -0.15) is 0 Å². The average molecular weight is 177 g/mol. The summed E-state index contributed by atoms with van der Waals surface area (Å²) in [5, 5.41) is 11.0. The minimum absolute atomic E-state index is 0.603. The molecule has 0 aromatic rings. The van der Waals surface area contributed by atoms with Gasteiger partial charge in [-0.15, -0.1) is 0 Å². The summed E-state index contributed by atoms with van der Waals surface area (Å²) in [5.74, 6) is 0. The van der Waals surface area contributed by atoms with Crippen LogP contribution in [-0.4, -0.2) is 30.8 Å². The van der Waals surface area contributed by atoms with Crippen LogP contribution in [0, 0.1) is 0 Å². The first-order chi connectivity index (χ1) is 5.68. The number of rotatable bonds is 4. The standard InChI is InChI=1S/C4H11N.C3H8N2O2/c1-3-5-4-2;1-2-4-5-3(6)7/h5H,3-4H2,1-2H3;4-5H,2H2,1H3,(H,6,7). The smallest absolute Gasteiger partial charge is 0.419 e. The van der Waals surface area contributed by atoms with E-state index in [2.05, 4.69) is 24.6 Å². The number of hydrazine groups is 1. The van der Waals surface area contributed by atoms with E-state index in [0.29, 0.717) is 6.54 Å². The lowest BCUT2D eigenvalue weighted by Gasteiger charge is -1.95. The molecule has 0 atom stereocenters. The van der Waals surface area contributed by atoms with Gasteiger partial charge in [-0.25, -0.2) is 10.2 Å². The maximum absolute atomic E-state index is 9.58. The van der Waals surface area contributed by atoms with Gasteiger partial charge in [0.05, 0.1) is 0 Å². The van der Waals surface area contributed by atoms with Gasteiger partial charge >= 0.3 is 6.09 Å². The van der Waals surface area contributed by atoms with Crippen molar-refractivity contribution >= 4 is 6.09 Å². The van der Waals surface area contributed by atoms with E-state index in [1.165, 1.54) is 0 Å². The zero-order valence-corrected chi connectivity index (χ0v) is 7.98. The number of hydrogen-bond acceptors (Lipinski definition) is 3. The lowest BCUT2D eigenvalue weighted by Crippen LogP contribution is -2.35. The van der Waals surface area contributed by atoms with Gasteiger partial charge in [0, 0.05) is 6.54 Å². The molecule has 0 aliphatic heterocycles. The van der Waals surface area contributed by atoms with Crippen LogP contribution in [-0.2, 0) is 0 Å². The van der Waals surface area contributed by atoms with Crippen LogP contribution in [0.2, 0.25) is 0 Å². The molecule has 0 aromatic carbocycles. The fraction of sp³-hybridized carbons (Fsp3) is 0.857. The number of hydrogen-bond donors (Lipinski definition) is 4. The molecule has 0 bridgehead atoms. The second-order valence-electron chi connectivity index (χ2n) is 1.92. The molecule has 0 saturated heterocycles. The first-order valence-electron chi connectivity index (χ1n) is 4.11. The predicted molar refractivity (Wildman–Crippen MR) is 49.1 cm³/mol. The maximum atomic E-state index is 9.58. The van der Waals surface area contributed by atoms with E-state index < -0.39 is 6.09 Å². The van der Waals surface area contributed by atoms with Crippen LogP contribution in [0.1, 0.15) is 20.8 Å². The zero-order valence-electron chi connectivity index (χ0n) is 7.98. The minimum atomic E-state index is -1.05. The molecule has 0 rings (SSSR count). The van der Waals surface area contributed by atoms with E-state index in [0.717, 1.165) is 13.1 Å². The Labute approximate surface area is 73.5 Å². The molecule has 1 amide bonds. The molecule has 0 unspecified atom stereocenters. The van der Waals surface area contributed by atoms with E-state index in [9.17, 15) is 4.79 Å². The van der Waals surface area contributed by atoms with E-state index in [1.54, 1.807) is 6.92 Å². The molecule has 0 aliphatic rings. The summed E-state index contributed by atoms with van der Waals surface area (Å²) < 4.78 is 0. The normalized spacial score (nSPS) is 8.25. The molecular formula is C7H19N3O2. The largest absolute Gasteiger partial charge is 0.464 e. The fourth-order valence-corrected chi connectivity index (χ4v) is 0.414.